The Bertz CT molecular complexity index is 545. The fraction of sp³-hybridized carbons (Fsp3) is 0.562. The summed E-state index contributed by atoms with van der Waals surface area (Å²) in [6, 6.07) is 4.92. The van der Waals surface area contributed by atoms with Crippen LogP contribution in [0.15, 0.2) is 18.2 Å². The van der Waals surface area contributed by atoms with Gasteiger partial charge in [-0.05, 0) is 30.7 Å². The number of likely N-dealkylation sites (tertiary alicyclic amines) is 1. The molecule has 0 radical (unpaired) electrons. The molecule has 1 aliphatic carbocycles. The topological polar surface area (TPSA) is 70.0 Å². The van der Waals surface area contributed by atoms with Gasteiger partial charge in [0, 0.05) is 18.7 Å². The number of phenols is 1. The summed E-state index contributed by atoms with van der Waals surface area (Å²) in [5.74, 6) is 0.542. The van der Waals surface area contributed by atoms with Gasteiger partial charge in [0.05, 0.1) is 7.11 Å². The summed E-state index contributed by atoms with van der Waals surface area (Å²) in [4.78, 5) is 13.6. The smallest absolute Gasteiger partial charge is 0.321 e. The number of carboxylic acids is 1. The number of para-hydroxylation sites is 1. The van der Waals surface area contributed by atoms with Gasteiger partial charge in [0.1, 0.15) is 6.04 Å². The van der Waals surface area contributed by atoms with Crippen LogP contribution in [0, 0.1) is 11.8 Å². The van der Waals surface area contributed by atoms with Gasteiger partial charge in [-0.15, -0.1) is 0 Å². The van der Waals surface area contributed by atoms with Crippen molar-refractivity contribution in [2.75, 3.05) is 13.7 Å². The van der Waals surface area contributed by atoms with Gasteiger partial charge in [-0.1, -0.05) is 18.6 Å². The van der Waals surface area contributed by atoms with Crippen LogP contribution in [0.25, 0.3) is 0 Å². The first-order chi connectivity index (χ1) is 10.1. The largest absolute Gasteiger partial charge is 0.504 e. The molecule has 114 valence electrons. The molecule has 1 aromatic rings. The number of hydrogen-bond donors (Lipinski definition) is 2. The second-order valence-corrected chi connectivity index (χ2v) is 6.04. The van der Waals surface area contributed by atoms with Crippen LogP contribution in [0.5, 0.6) is 11.5 Å². The molecule has 2 fully saturated rings. The Labute approximate surface area is 124 Å². The standard InChI is InChI=1S/C16H21NO4/c1-21-13-7-3-5-11(15(13)18)9-17-8-10-4-2-6-12(10)14(17)16(19)20/h3,5,7,10,12,14,18H,2,4,6,8-9H2,1H3,(H,19,20). The average Bonchev–Trinajstić information content (AvgIpc) is 3.00. The minimum absolute atomic E-state index is 0.112. The number of fused-ring (bicyclic) bond motifs is 1. The van der Waals surface area contributed by atoms with E-state index in [4.69, 9.17) is 4.74 Å². The van der Waals surface area contributed by atoms with E-state index in [2.05, 4.69) is 0 Å². The molecule has 5 nitrogen and oxygen atoms in total. The van der Waals surface area contributed by atoms with E-state index in [-0.39, 0.29) is 11.7 Å². The normalized spacial score (nSPS) is 28.5. The number of ether oxygens (including phenoxy) is 1. The first kappa shape index (κ1) is 14.2. The number of benzene rings is 1. The van der Waals surface area contributed by atoms with Crippen LogP contribution in [0.4, 0.5) is 0 Å². The van der Waals surface area contributed by atoms with Gasteiger partial charge < -0.3 is 14.9 Å². The maximum Gasteiger partial charge on any atom is 0.321 e. The number of aromatic hydroxyl groups is 1. The Kier molecular flexibility index (Phi) is 3.76. The zero-order valence-corrected chi connectivity index (χ0v) is 12.2. The fourth-order valence-electron chi connectivity index (χ4n) is 3.97. The SMILES string of the molecule is COc1cccc(CN2CC3CCCC3C2C(=O)O)c1O. The van der Waals surface area contributed by atoms with Crippen molar-refractivity contribution in [2.45, 2.75) is 31.8 Å². The van der Waals surface area contributed by atoms with E-state index in [0.717, 1.165) is 31.4 Å². The minimum Gasteiger partial charge on any atom is -0.504 e. The van der Waals surface area contributed by atoms with Crippen LogP contribution in [-0.2, 0) is 11.3 Å². The molecular formula is C16H21NO4. The van der Waals surface area contributed by atoms with E-state index in [1.807, 2.05) is 17.0 Å². The third kappa shape index (κ3) is 2.46. The third-order valence-corrected chi connectivity index (χ3v) is 4.91. The first-order valence-corrected chi connectivity index (χ1v) is 7.43. The van der Waals surface area contributed by atoms with E-state index in [1.165, 1.54) is 7.11 Å². The number of aliphatic carboxylic acids is 1. The molecule has 1 saturated carbocycles. The quantitative estimate of drug-likeness (QED) is 0.889. The summed E-state index contributed by atoms with van der Waals surface area (Å²) >= 11 is 0. The Morgan fingerprint density at radius 3 is 2.95 bits per heavy atom. The summed E-state index contributed by atoms with van der Waals surface area (Å²) in [5, 5.41) is 19.7. The van der Waals surface area contributed by atoms with E-state index < -0.39 is 12.0 Å². The zero-order valence-electron chi connectivity index (χ0n) is 12.2. The van der Waals surface area contributed by atoms with Crippen LogP contribution in [0.2, 0.25) is 0 Å². The van der Waals surface area contributed by atoms with Crippen molar-refractivity contribution >= 4 is 5.97 Å². The second kappa shape index (κ2) is 5.56. The maximum absolute atomic E-state index is 11.6. The Balaban J connectivity index is 1.82. The van der Waals surface area contributed by atoms with E-state index in [1.54, 1.807) is 6.07 Å². The molecule has 3 atom stereocenters. The molecule has 2 aliphatic rings. The number of hydrogen-bond acceptors (Lipinski definition) is 4. The number of carbonyl (C=O) groups is 1. The molecule has 0 amide bonds. The molecule has 3 unspecified atom stereocenters. The molecule has 0 aromatic heterocycles. The van der Waals surface area contributed by atoms with Crippen LogP contribution < -0.4 is 4.74 Å². The van der Waals surface area contributed by atoms with E-state index in [9.17, 15) is 15.0 Å². The Morgan fingerprint density at radius 2 is 2.24 bits per heavy atom. The number of carboxylic acid groups (broad SMARTS) is 1. The number of rotatable bonds is 4. The van der Waals surface area contributed by atoms with Crippen LogP contribution in [0.3, 0.4) is 0 Å². The Hall–Kier alpha value is -1.75. The Morgan fingerprint density at radius 1 is 1.43 bits per heavy atom. The van der Waals surface area contributed by atoms with Gasteiger partial charge >= 0.3 is 5.97 Å². The highest BCUT2D eigenvalue weighted by atomic mass is 16.5. The van der Waals surface area contributed by atoms with Gasteiger partial charge in [0.2, 0.25) is 0 Å². The fourth-order valence-corrected chi connectivity index (χ4v) is 3.97. The molecular weight excluding hydrogens is 270 g/mol. The monoisotopic (exact) mass is 291 g/mol. The van der Waals surface area contributed by atoms with Crippen molar-refractivity contribution in [1.29, 1.82) is 0 Å². The summed E-state index contributed by atoms with van der Waals surface area (Å²) in [6.07, 6.45) is 3.26. The van der Waals surface area contributed by atoms with Crippen LogP contribution in [0.1, 0.15) is 24.8 Å². The molecule has 0 spiro atoms. The third-order valence-electron chi connectivity index (χ3n) is 4.91. The summed E-state index contributed by atoms with van der Waals surface area (Å²) in [7, 11) is 1.51. The molecule has 5 heteroatoms. The van der Waals surface area contributed by atoms with Crippen molar-refractivity contribution in [1.82, 2.24) is 4.90 Å². The lowest BCUT2D eigenvalue weighted by atomic mass is 9.94. The lowest BCUT2D eigenvalue weighted by Crippen LogP contribution is -2.39. The summed E-state index contributed by atoms with van der Waals surface area (Å²) in [6.45, 7) is 1.26. The van der Waals surface area contributed by atoms with Gasteiger partial charge in [-0.2, -0.15) is 0 Å². The summed E-state index contributed by atoms with van der Waals surface area (Å²) in [5.41, 5.74) is 0.723. The highest BCUT2D eigenvalue weighted by Gasteiger charge is 2.47. The predicted molar refractivity (Wildman–Crippen MR) is 77.3 cm³/mol. The first-order valence-electron chi connectivity index (χ1n) is 7.43. The minimum atomic E-state index is -0.744. The van der Waals surface area contributed by atoms with Crippen molar-refractivity contribution < 1.29 is 19.7 Å². The highest BCUT2D eigenvalue weighted by Crippen LogP contribution is 2.43. The molecule has 1 aromatic carbocycles. The molecule has 0 bridgehead atoms. The maximum atomic E-state index is 11.6. The van der Waals surface area contributed by atoms with Crippen molar-refractivity contribution in [2.24, 2.45) is 11.8 Å². The number of phenolic OH excluding ortho intramolecular Hbond substituents is 1. The predicted octanol–water partition coefficient (Wildman–Crippen LogP) is 2.09. The lowest BCUT2D eigenvalue weighted by Gasteiger charge is -2.24. The van der Waals surface area contributed by atoms with Crippen LogP contribution >= 0.6 is 0 Å². The zero-order chi connectivity index (χ0) is 15.0. The molecule has 21 heavy (non-hydrogen) atoms. The highest BCUT2D eigenvalue weighted by molar-refractivity contribution is 5.74. The van der Waals surface area contributed by atoms with Gasteiger partial charge in [-0.3, -0.25) is 9.69 Å². The molecule has 1 heterocycles. The van der Waals surface area contributed by atoms with E-state index >= 15 is 0 Å². The van der Waals surface area contributed by atoms with Crippen molar-refractivity contribution in [3.05, 3.63) is 23.8 Å². The van der Waals surface area contributed by atoms with Crippen molar-refractivity contribution in [3.8, 4) is 11.5 Å². The van der Waals surface area contributed by atoms with Gasteiger partial charge in [0.25, 0.3) is 0 Å². The molecule has 1 saturated heterocycles. The molecule has 2 N–H and O–H groups in total. The van der Waals surface area contributed by atoms with Crippen LogP contribution in [-0.4, -0.2) is 40.8 Å². The molecule has 1 aliphatic heterocycles. The van der Waals surface area contributed by atoms with E-state index in [0.29, 0.717) is 18.2 Å². The second-order valence-electron chi connectivity index (χ2n) is 6.04. The number of methoxy groups -OCH3 is 1. The lowest BCUT2D eigenvalue weighted by molar-refractivity contribution is -0.143. The average molecular weight is 291 g/mol. The summed E-state index contributed by atoms with van der Waals surface area (Å²) < 4.78 is 5.11. The van der Waals surface area contributed by atoms with Gasteiger partial charge in [-0.25, -0.2) is 0 Å². The van der Waals surface area contributed by atoms with Crippen molar-refractivity contribution in [3.63, 3.8) is 0 Å². The molecule has 3 rings (SSSR count). The van der Waals surface area contributed by atoms with Gasteiger partial charge in [0.15, 0.2) is 11.5 Å². The number of nitrogens with zero attached hydrogens (tertiary/aromatic N) is 1.